The third-order valence-electron chi connectivity index (χ3n) is 2.22. The van der Waals surface area contributed by atoms with Crippen molar-refractivity contribution in [3.8, 4) is 5.75 Å². The van der Waals surface area contributed by atoms with Crippen molar-refractivity contribution in [2.24, 2.45) is 0 Å². The molecule has 0 N–H and O–H groups in total. The second-order valence-corrected chi connectivity index (χ2v) is 3.60. The van der Waals surface area contributed by atoms with Gasteiger partial charge in [-0.1, -0.05) is 17.7 Å². The van der Waals surface area contributed by atoms with Gasteiger partial charge in [-0.15, -0.1) is 0 Å². The molecule has 4 heteroatoms. The van der Waals surface area contributed by atoms with Crippen molar-refractivity contribution >= 4 is 17.5 Å². The summed E-state index contributed by atoms with van der Waals surface area (Å²) < 4.78 is 5.43. The first kappa shape index (κ1) is 9.34. The molecule has 0 saturated carbocycles. The quantitative estimate of drug-likeness (QED) is 0.655. The van der Waals surface area contributed by atoms with Crippen molar-refractivity contribution in [2.75, 3.05) is 20.2 Å². The number of hydrogen-bond acceptors (Lipinski definition) is 2. The predicted molar refractivity (Wildman–Crippen MR) is 53.9 cm³/mol. The molecule has 1 aliphatic rings. The smallest absolute Gasteiger partial charge is 0.257 e. The maximum absolute atomic E-state index is 11.8. The van der Waals surface area contributed by atoms with E-state index in [2.05, 4.69) is 0 Å². The van der Waals surface area contributed by atoms with Crippen LogP contribution in [0, 0.1) is 0 Å². The Morgan fingerprint density at radius 2 is 2.29 bits per heavy atom. The Morgan fingerprint density at radius 3 is 3.07 bits per heavy atom. The monoisotopic (exact) mass is 211 g/mol. The topological polar surface area (TPSA) is 29.5 Å². The van der Waals surface area contributed by atoms with Crippen LogP contribution < -0.4 is 4.74 Å². The summed E-state index contributed by atoms with van der Waals surface area (Å²) >= 11 is 5.93. The van der Waals surface area contributed by atoms with Gasteiger partial charge in [0, 0.05) is 7.05 Å². The number of rotatable bonds is 0. The largest absolute Gasteiger partial charge is 0.489 e. The molecule has 0 atom stereocenters. The van der Waals surface area contributed by atoms with Gasteiger partial charge in [0.05, 0.1) is 17.1 Å². The molecule has 0 spiro atoms. The Kier molecular flexibility index (Phi) is 2.33. The van der Waals surface area contributed by atoms with E-state index in [1.165, 1.54) is 0 Å². The van der Waals surface area contributed by atoms with Crippen LogP contribution in [0.1, 0.15) is 10.4 Å². The third-order valence-corrected chi connectivity index (χ3v) is 2.51. The summed E-state index contributed by atoms with van der Waals surface area (Å²) in [5, 5.41) is 0.492. The summed E-state index contributed by atoms with van der Waals surface area (Å²) in [6, 6.07) is 5.20. The summed E-state index contributed by atoms with van der Waals surface area (Å²) in [5.41, 5.74) is 0.539. The van der Waals surface area contributed by atoms with Crippen LogP contribution >= 0.6 is 11.6 Å². The highest BCUT2D eigenvalue weighted by molar-refractivity contribution is 6.32. The fraction of sp³-hybridized carbons (Fsp3) is 0.300. The summed E-state index contributed by atoms with van der Waals surface area (Å²) in [7, 11) is 1.75. The van der Waals surface area contributed by atoms with E-state index in [-0.39, 0.29) is 5.91 Å². The second kappa shape index (κ2) is 3.50. The fourth-order valence-corrected chi connectivity index (χ4v) is 1.64. The normalized spacial score (nSPS) is 15.9. The molecule has 74 valence electrons. The van der Waals surface area contributed by atoms with E-state index in [4.69, 9.17) is 16.3 Å². The Labute approximate surface area is 87.2 Å². The van der Waals surface area contributed by atoms with Crippen LogP contribution in [0.15, 0.2) is 18.2 Å². The molecule has 0 bridgehead atoms. The van der Waals surface area contributed by atoms with E-state index >= 15 is 0 Å². The molecule has 0 aliphatic carbocycles. The first-order valence-corrected chi connectivity index (χ1v) is 4.74. The number of carbonyl (C=O) groups excluding carboxylic acids is 1. The van der Waals surface area contributed by atoms with E-state index in [0.717, 1.165) is 0 Å². The maximum Gasteiger partial charge on any atom is 0.257 e. The van der Waals surface area contributed by atoms with Crippen LogP contribution in [-0.4, -0.2) is 31.0 Å². The van der Waals surface area contributed by atoms with Gasteiger partial charge in [-0.3, -0.25) is 4.79 Å². The lowest BCUT2D eigenvalue weighted by Gasteiger charge is -2.12. The molecular formula is C10H10ClNO2. The molecule has 0 aromatic heterocycles. The Morgan fingerprint density at radius 1 is 1.50 bits per heavy atom. The zero-order valence-corrected chi connectivity index (χ0v) is 8.54. The van der Waals surface area contributed by atoms with Crippen LogP contribution in [0.3, 0.4) is 0 Å². The highest BCUT2D eigenvalue weighted by Crippen LogP contribution is 2.30. The Balaban J connectivity index is 2.53. The van der Waals surface area contributed by atoms with E-state index in [9.17, 15) is 4.79 Å². The molecule has 1 heterocycles. The first-order valence-electron chi connectivity index (χ1n) is 4.37. The standard InChI is InChI=1S/C10H10ClNO2/c1-12-5-6-14-9-7(10(12)13)3-2-4-8(9)11/h2-4H,5-6H2,1H3. The zero-order chi connectivity index (χ0) is 10.1. The van der Waals surface area contributed by atoms with Gasteiger partial charge in [0.25, 0.3) is 5.91 Å². The van der Waals surface area contributed by atoms with Gasteiger partial charge >= 0.3 is 0 Å². The number of amides is 1. The summed E-state index contributed by atoms with van der Waals surface area (Å²) in [5.74, 6) is 0.462. The minimum atomic E-state index is -0.0417. The molecule has 1 aromatic rings. The lowest BCUT2D eigenvalue weighted by Crippen LogP contribution is -2.27. The summed E-state index contributed by atoms with van der Waals surface area (Å²) in [6.45, 7) is 1.07. The van der Waals surface area contributed by atoms with Crippen molar-refractivity contribution < 1.29 is 9.53 Å². The van der Waals surface area contributed by atoms with Crippen LogP contribution in [0.4, 0.5) is 0 Å². The number of fused-ring (bicyclic) bond motifs is 1. The van der Waals surface area contributed by atoms with Gasteiger partial charge in [0.15, 0.2) is 5.75 Å². The average molecular weight is 212 g/mol. The minimum absolute atomic E-state index is 0.0417. The van der Waals surface area contributed by atoms with Gasteiger partial charge in [-0.25, -0.2) is 0 Å². The first-order chi connectivity index (χ1) is 6.70. The SMILES string of the molecule is CN1CCOc2c(Cl)cccc2C1=O. The molecule has 0 fully saturated rings. The van der Waals surface area contributed by atoms with E-state index in [1.54, 1.807) is 30.1 Å². The molecule has 1 aliphatic heterocycles. The van der Waals surface area contributed by atoms with E-state index < -0.39 is 0 Å². The van der Waals surface area contributed by atoms with Crippen molar-refractivity contribution in [3.63, 3.8) is 0 Å². The van der Waals surface area contributed by atoms with Crippen LogP contribution in [0.5, 0.6) is 5.75 Å². The molecule has 3 nitrogen and oxygen atoms in total. The minimum Gasteiger partial charge on any atom is -0.489 e. The number of halogens is 1. The predicted octanol–water partition coefficient (Wildman–Crippen LogP) is 1.80. The Bertz CT molecular complexity index is 378. The number of likely N-dealkylation sites (N-methyl/N-ethyl adjacent to an activating group) is 1. The lowest BCUT2D eigenvalue weighted by atomic mass is 10.2. The molecule has 14 heavy (non-hydrogen) atoms. The number of para-hydroxylation sites is 1. The Hall–Kier alpha value is -1.22. The van der Waals surface area contributed by atoms with Gasteiger partial charge in [-0.05, 0) is 12.1 Å². The molecule has 1 aromatic carbocycles. The highest BCUT2D eigenvalue weighted by Gasteiger charge is 2.22. The van der Waals surface area contributed by atoms with Gasteiger partial charge in [-0.2, -0.15) is 0 Å². The van der Waals surface area contributed by atoms with Crippen molar-refractivity contribution in [3.05, 3.63) is 28.8 Å². The second-order valence-electron chi connectivity index (χ2n) is 3.19. The lowest BCUT2D eigenvalue weighted by molar-refractivity contribution is 0.0797. The number of hydrogen-bond donors (Lipinski definition) is 0. The number of carbonyl (C=O) groups is 1. The van der Waals surface area contributed by atoms with Crippen LogP contribution in [-0.2, 0) is 0 Å². The molecule has 1 amide bonds. The zero-order valence-electron chi connectivity index (χ0n) is 7.79. The van der Waals surface area contributed by atoms with Crippen molar-refractivity contribution in [1.82, 2.24) is 4.90 Å². The third kappa shape index (κ3) is 1.44. The summed E-state index contributed by atoms with van der Waals surface area (Å²) in [4.78, 5) is 13.4. The maximum atomic E-state index is 11.8. The summed E-state index contributed by atoms with van der Waals surface area (Å²) in [6.07, 6.45) is 0. The molecule has 2 rings (SSSR count). The molecule has 0 saturated heterocycles. The van der Waals surface area contributed by atoms with Crippen LogP contribution in [0.2, 0.25) is 5.02 Å². The number of benzene rings is 1. The van der Waals surface area contributed by atoms with E-state index in [0.29, 0.717) is 29.5 Å². The van der Waals surface area contributed by atoms with Gasteiger partial charge in [0.1, 0.15) is 6.61 Å². The molecule has 0 radical (unpaired) electrons. The number of nitrogens with zero attached hydrogens (tertiary/aromatic N) is 1. The van der Waals surface area contributed by atoms with Crippen LogP contribution in [0.25, 0.3) is 0 Å². The van der Waals surface area contributed by atoms with Crippen molar-refractivity contribution in [2.45, 2.75) is 0 Å². The number of ether oxygens (including phenoxy) is 1. The molecular weight excluding hydrogens is 202 g/mol. The van der Waals surface area contributed by atoms with Gasteiger partial charge < -0.3 is 9.64 Å². The average Bonchev–Trinajstić information content (AvgIpc) is 2.31. The highest BCUT2D eigenvalue weighted by atomic mass is 35.5. The fourth-order valence-electron chi connectivity index (χ4n) is 1.42. The molecule has 0 unspecified atom stereocenters. The van der Waals surface area contributed by atoms with Crippen molar-refractivity contribution in [1.29, 1.82) is 0 Å². The van der Waals surface area contributed by atoms with Gasteiger partial charge in [0.2, 0.25) is 0 Å². The van der Waals surface area contributed by atoms with E-state index in [1.807, 2.05) is 0 Å².